The third-order valence-corrected chi connectivity index (χ3v) is 4.52. The number of nitrogens with zero attached hydrogens (tertiary/aromatic N) is 1. The molecule has 7 heteroatoms. The molecule has 2 amide bonds. The van der Waals surface area contributed by atoms with Gasteiger partial charge in [-0.1, -0.05) is 40.2 Å². The van der Waals surface area contributed by atoms with E-state index in [2.05, 4.69) is 21.2 Å². The van der Waals surface area contributed by atoms with Crippen LogP contribution in [0.4, 0.5) is 4.39 Å². The van der Waals surface area contributed by atoms with Crippen LogP contribution in [0.2, 0.25) is 0 Å². The lowest BCUT2D eigenvalue weighted by atomic mass is 10.1. The average molecular weight is 451 g/mol. The van der Waals surface area contributed by atoms with Crippen LogP contribution in [0.3, 0.4) is 0 Å². The molecule has 2 rings (SSSR count). The fraction of sp³-hybridized carbons (Fsp3) is 0.333. The number of amides is 2. The van der Waals surface area contributed by atoms with Gasteiger partial charge in [0.2, 0.25) is 5.91 Å². The van der Waals surface area contributed by atoms with Gasteiger partial charge in [-0.3, -0.25) is 9.59 Å². The molecule has 0 aliphatic carbocycles. The lowest BCUT2D eigenvalue weighted by Gasteiger charge is -2.29. The van der Waals surface area contributed by atoms with Gasteiger partial charge < -0.3 is 15.0 Å². The number of nitrogens with one attached hydrogen (secondary N) is 1. The lowest BCUT2D eigenvalue weighted by molar-refractivity contribution is -0.142. The van der Waals surface area contributed by atoms with E-state index in [9.17, 15) is 14.0 Å². The highest BCUT2D eigenvalue weighted by molar-refractivity contribution is 9.10. The quantitative estimate of drug-likeness (QED) is 0.662. The summed E-state index contributed by atoms with van der Waals surface area (Å²) >= 11 is 3.41. The minimum Gasteiger partial charge on any atom is -0.481 e. The van der Waals surface area contributed by atoms with Crippen molar-refractivity contribution in [3.8, 4) is 5.75 Å². The van der Waals surface area contributed by atoms with Crippen molar-refractivity contribution < 1.29 is 18.7 Å². The Kier molecular flexibility index (Phi) is 7.99. The van der Waals surface area contributed by atoms with Gasteiger partial charge in [0.25, 0.3) is 5.91 Å². The molecule has 0 unspecified atom stereocenters. The predicted molar refractivity (Wildman–Crippen MR) is 109 cm³/mol. The third-order valence-electron chi connectivity index (χ3n) is 4.03. The van der Waals surface area contributed by atoms with Crippen molar-refractivity contribution in [2.24, 2.45) is 0 Å². The molecule has 0 aromatic heterocycles. The Labute approximate surface area is 173 Å². The maximum Gasteiger partial charge on any atom is 0.261 e. The highest BCUT2D eigenvalue weighted by Crippen LogP contribution is 2.18. The van der Waals surface area contributed by atoms with E-state index in [-0.39, 0.29) is 30.9 Å². The first-order valence-electron chi connectivity index (χ1n) is 8.99. The molecule has 0 radical (unpaired) electrons. The molecule has 0 fully saturated rings. The van der Waals surface area contributed by atoms with Crippen LogP contribution >= 0.6 is 15.9 Å². The molecule has 0 saturated carbocycles. The van der Waals surface area contributed by atoms with Gasteiger partial charge in [0.05, 0.1) is 0 Å². The summed E-state index contributed by atoms with van der Waals surface area (Å²) in [6.07, 6.45) is 0. The highest BCUT2D eigenvalue weighted by Gasteiger charge is 2.27. The zero-order valence-electron chi connectivity index (χ0n) is 16.1. The van der Waals surface area contributed by atoms with Crippen LogP contribution in [0.1, 0.15) is 26.3 Å². The number of halogens is 2. The van der Waals surface area contributed by atoms with E-state index in [1.165, 1.54) is 17.0 Å². The number of carbonyl (C=O) groups is 2. The molecule has 0 aliphatic rings. The molecule has 28 heavy (non-hydrogen) atoms. The number of carbonyl (C=O) groups excluding carboxylic acids is 2. The Morgan fingerprint density at radius 3 is 2.50 bits per heavy atom. The standard InChI is InChI=1S/C21H24BrFN2O3/c1-14(2)24-21(27)15(3)25(12-16-7-6-8-17(22)11-16)20(26)13-28-19-10-5-4-9-18(19)23/h4-11,14-15H,12-13H2,1-3H3,(H,24,27)/t15-/m1/s1. The highest BCUT2D eigenvalue weighted by atomic mass is 79.9. The summed E-state index contributed by atoms with van der Waals surface area (Å²) in [6, 6.07) is 12.6. The van der Waals surface area contributed by atoms with E-state index in [1.807, 2.05) is 38.1 Å². The SMILES string of the molecule is CC(C)NC(=O)[C@@H](C)N(Cc1cccc(Br)c1)C(=O)COc1ccccc1F. The van der Waals surface area contributed by atoms with Gasteiger partial charge in [-0.25, -0.2) is 4.39 Å². The fourth-order valence-corrected chi connectivity index (χ4v) is 3.05. The summed E-state index contributed by atoms with van der Waals surface area (Å²) in [4.78, 5) is 26.7. The number of ether oxygens (including phenoxy) is 1. The normalized spacial score (nSPS) is 11.8. The van der Waals surface area contributed by atoms with Crippen molar-refractivity contribution in [3.05, 3.63) is 64.4 Å². The van der Waals surface area contributed by atoms with Gasteiger partial charge in [0.15, 0.2) is 18.2 Å². The van der Waals surface area contributed by atoms with Crippen molar-refractivity contribution in [2.45, 2.75) is 39.4 Å². The van der Waals surface area contributed by atoms with Crippen LogP contribution in [0.15, 0.2) is 53.0 Å². The van der Waals surface area contributed by atoms with Crippen LogP contribution in [0.5, 0.6) is 5.75 Å². The zero-order valence-corrected chi connectivity index (χ0v) is 17.7. The van der Waals surface area contributed by atoms with Gasteiger partial charge >= 0.3 is 0 Å². The molecule has 0 spiro atoms. The van der Waals surface area contributed by atoms with E-state index >= 15 is 0 Å². The number of hydrogen-bond acceptors (Lipinski definition) is 3. The summed E-state index contributed by atoms with van der Waals surface area (Å²) in [6.45, 7) is 5.23. The smallest absolute Gasteiger partial charge is 0.261 e. The molecule has 5 nitrogen and oxygen atoms in total. The lowest BCUT2D eigenvalue weighted by Crippen LogP contribution is -2.50. The first kappa shape index (κ1) is 21.9. The molecule has 0 saturated heterocycles. The summed E-state index contributed by atoms with van der Waals surface area (Å²) in [5, 5.41) is 2.82. The van der Waals surface area contributed by atoms with Crippen LogP contribution in [0, 0.1) is 5.82 Å². The van der Waals surface area contributed by atoms with Crippen molar-refractivity contribution in [3.63, 3.8) is 0 Å². The number of benzene rings is 2. The molecule has 150 valence electrons. The molecule has 2 aromatic rings. The van der Waals surface area contributed by atoms with E-state index in [0.29, 0.717) is 0 Å². The van der Waals surface area contributed by atoms with Gasteiger partial charge in [0.1, 0.15) is 6.04 Å². The Hall–Kier alpha value is -2.41. The average Bonchev–Trinajstić information content (AvgIpc) is 2.64. The summed E-state index contributed by atoms with van der Waals surface area (Å²) in [5.74, 6) is -1.21. The first-order valence-corrected chi connectivity index (χ1v) is 9.79. The van der Waals surface area contributed by atoms with Crippen LogP contribution in [0.25, 0.3) is 0 Å². The zero-order chi connectivity index (χ0) is 20.7. The molecule has 1 N–H and O–H groups in total. The molecule has 0 heterocycles. The Bertz CT molecular complexity index is 829. The van der Waals surface area contributed by atoms with Crippen LogP contribution < -0.4 is 10.1 Å². The monoisotopic (exact) mass is 450 g/mol. The van der Waals surface area contributed by atoms with Crippen LogP contribution in [-0.4, -0.2) is 35.4 Å². The predicted octanol–water partition coefficient (Wildman–Crippen LogP) is 3.91. The van der Waals surface area contributed by atoms with Crippen molar-refractivity contribution >= 4 is 27.7 Å². The summed E-state index contributed by atoms with van der Waals surface area (Å²) in [7, 11) is 0. The molecule has 2 aromatic carbocycles. The van der Waals surface area contributed by atoms with Crippen molar-refractivity contribution in [1.29, 1.82) is 0 Å². The maximum atomic E-state index is 13.7. The Morgan fingerprint density at radius 1 is 1.14 bits per heavy atom. The molecular weight excluding hydrogens is 427 g/mol. The number of hydrogen-bond donors (Lipinski definition) is 1. The second-order valence-corrected chi connectivity index (χ2v) is 7.63. The number of para-hydroxylation sites is 1. The second-order valence-electron chi connectivity index (χ2n) is 6.71. The summed E-state index contributed by atoms with van der Waals surface area (Å²) < 4.78 is 20.0. The molecular formula is C21H24BrFN2O3. The third kappa shape index (κ3) is 6.34. The minimum atomic E-state index is -0.710. The van der Waals surface area contributed by atoms with E-state index < -0.39 is 17.8 Å². The Balaban J connectivity index is 2.17. The topological polar surface area (TPSA) is 58.6 Å². The van der Waals surface area contributed by atoms with Gasteiger partial charge in [-0.15, -0.1) is 0 Å². The van der Waals surface area contributed by atoms with Crippen molar-refractivity contribution in [1.82, 2.24) is 10.2 Å². The largest absolute Gasteiger partial charge is 0.481 e. The van der Waals surface area contributed by atoms with Gasteiger partial charge in [-0.2, -0.15) is 0 Å². The second kappa shape index (κ2) is 10.2. The number of rotatable bonds is 8. The van der Waals surface area contributed by atoms with Gasteiger partial charge in [0, 0.05) is 17.1 Å². The fourth-order valence-electron chi connectivity index (χ4n) is 2.60. The van der Waals surface area contributed by atoms with Crippen molar-refractivity contribution in [2.75, 3.05) is 6.61 Å². The van der Waals surface area contributed by atoms with E-state index in [4.69, 9.17) is 4.74 Å². The molecule has 0 bridgehead atoms. The maximum absolute atomic E-state index is 13.7. The Morgan fingerprint density at radius 2 is 1.86 bits per heavy atom. The van der Waals surface area contributed by atoms with Gasteiger partial charge in [-0.05, 0) is 50.6 Å². The van der Waals surface area contributed by atoms with E-state index in [0.717, 1.165) is 10.0 Å². The summed E-state index contributed by atoms with van der Waals surface area (Å²) in [5.41, 5.74) is 0.859. The first-order chi connectivity index (χ1) is 13.3. The van der Waals surface area contributed by atoms with Crippen LogP contribution in [-0.2, 0) is 16.1 Å². The molecule has 0 aliphatic heterocycles. The minimum absolute atomic E-state index is 0.00228. The molecule has 1 atom stereocenters. The van der Waals surface area contributed by atoms with E-state index in [1.54, 1.807) is 19.1 Å².